The molecule has 1 heterocycles. The Balaban J connectivity index is 1.62. The van der Waals surface area contributed by atoms with E-state index in [9.17, 15) is 0 Å². The predicted octanol–water partition coefficient (Wildman–Crippen LogP) is 8.92. The highest BCUT2D eigenvalue weighted by molar-refractivity contribution is 4.59. The van der Waals surface area contributed by atoms with Gasteiger partial charge in [0.2, 0.25) is 0 Å². The smallest absolute Gasteiger partial charge is 0.0953 e. The number of unbranched alkanes of at least 4 members (excludes halogenated alkanes) is 19. The van der Waals surface area contributed by atoms with Crippen LogP contribution in [0.4, 0.5) is 0 Å². The van der Waals surface area contributed by atoms with Crippen LogP contribution < -0.4 is 0 Å². The summed E-state index contributed by atoms with van der Waals surface area (Å²) < 4.78 is 0. The van der Waals surface area contributed by atoms with Gasteiger partial charge in [0.15, 0.2) is 0 Å². The first-order chi connectivity index (χ1) is 13.4. The van der Waals surface area contributed by atoms with Crippen molar-refractivity contribution in [2.24, 2.45) is 0 Å². The topological polar surface area (TPSA) is 18.5 Å². The molecule has 0 spiro atoms. The second-order valence-electron chi connectivity index (χ2n) is 8.84. The molecule has 1 aliphatic heterocycles. The van der Waals surface area contributed by atoms with Crippen LogP contribution in [-0.4, -0.2) is 12.7 Å². The molecule has 27 heavy (non-hydrogen) atoms. The van der Waals surface area contributed by atoms with Crippen LogP contribution in [0.15, 0.2) is 0 Å². The third-order valence-corrected chi connectivity index (χ3v) is 6.11. The Hall–Kier alpha value is -0.0800. The van der Waals surface area contributed by atoms with E-state index in [-0.39, 0.29) is 0 Å². The Labute approximate surface area is 171 Å². The quantitative estimate of drug-likeness (QED) is 0.146. The van der Waals surface area contributed by atoms with Crippen molar-refractivity contribution in [3.63, 3.8) is 0 Å². The molecule has 0 N–H and O–H groups in total. The first-order valence-corrected chi connectivity index (χ1v) is 12.7. The molecule has 0 aromatic heterocycles. The van der Waals surface area contributed by atoms with Crippen LogP contribution >= 0.6 is 0 Å². The van der Waals surface area contributed by atoms with Crippen molar-refractivity contribution in [1.29, 1.82) is 0 Å². The molecule has 0 amide bonds. The SMILES string of the molecule is CCCCCCCCCCCCCCCCCCCCCCC1CCOO1. The molecular formula is C25H50O2. The second-order valence-corrected chi connectivity index (χ2v) is 8.84. The third kappa shape index (κ3) is 17.7. The number of rotatable bonds is 21. The maximum atomic E-state index is 5.19. The van der Waals surface area contributed by atoms with Crippen molar-refractivity contribution in [3.8, 4) is 0 Å². The molecule has 0 bridgehead atoms. The first-order valence-electron chi connectivity index (χ1n) is 12.7. The van der Waals surface area contributed by atoms with Crippen LogP contribution in [0.2, 0.25) is 0 Å². The molecule has 0 aromatic carbocycles. The van der Waals surface area contributed by atoms with Gasteiger partial charge in [-0.15, -0.1) is 0 Å². The van der Waals surface area contributed by atoms with Crippen LogP contribution in [-0.2, 0) is 9.78 Å². The molecule has 2 heteroatoms. The van der Waals surface area contributed by atoms with Crippen LogP contribution in [0.3, 0.4) is 0 Å². The van der Waals surface area contributed by atoms with Gasteiger partial charge >= 0.3 is 0 Å². The van der Waals surface area contributed by atoms with Crippen molar-refractivity contribution in [2.45, 2.75) is 154 Å². The normalized spacial score (nSPS) is 17.0. The van der Waals surface area contributed by atoms with Crippen LogP contribution in [0.1, 0.15) is 148 Å². The number of hydrogen-bond donors (Lipinski definition) is 0. The maximum Gasteiger partial charge on any atom is 0.0953 e. The van der Waals surface area contributed by atoms with Crippen LogP contribution in [0.25, 0.3) is 0 Å². The summed E-state index contributed by atoms with van der Waals surface area (Å²) in [4.78, 5) is 10.1. The second kappa shape index (κ2) is 20.6. The van der Waals surface area contributed by atoms with Gasteiger partial charge in [0.1, 0.15) is 0 Å². The first kappa shape index (κ1) is 25.0. The van der Waals surface area contributed by atoms with Gasteiger partial charge in [0.05, 0.1) is 12.7 Å². The van der Waals surface area contributed by atoms with Crippen LogP contribution in [0.5, 0.6) is 0 Å². The zero-order valence-electron chi connectivity index (χ0n) is 18.7. The average molecular weight is 383 g/mol. The Kier molecular flexibility index (Phi) is 19.1. The lowest BCUT2D eigenvalue weighted by atomic mass is 10.0. The highest BCUT2D eigenvalue weighted by Crippen LogP contribution is 2.18. The van der Waals surface area contributed by atoms with E-state index >= 15 is 0 Å². The summed E-state index contributed by atoms with van der Waals surface area (Å²) in [6.45, 7) is 3.09. The van der Waals surface area contributed by atoms with Crippen molar-refractivity contribution >= 4 is 0 Å². The highest BCUT2D eigenvalue weighted by atomic mass is 17.2. The molecule has 1 fully saturated rings. The Bertz CT molecular complexity index is 273. The van der Waals surface area contributed by atoms with Crippen molar-refractivity contribution in [2.75, 3.05) is 6.61 Å². The lowest BCUT2D eigenvalue weighted by Crippen LogP contribution is -2.03. The van der Waals surface area contributed by atoms with Gasteiger partial charge < -0.3 is 0 Å². The van der Waals surface area contributed by atoms with Crippen molar-refractivity contribution in [3.05, 3.63) is 0 Å². The lowest BCUT2D eigenvalue weighted by molar-refractivity contribution is -0.275. The standard InChI is InChI=1S/C25H50O2/c1-2-3-4-5-6-7-8-9-10-11-12-13-14-15-16-17-18-19-20-21-22-25-23-24-26-27-25/h25H,2-24H2,1H3. The summed E-state index contributed by atoms with van der Waals surface area (Å²) in [5.74, 6) is 0. The Morgan fingerprint density at radius 1 is 0.519 bits per heavy atom. The van der Waals surface area contributed by atoms with Gasteiger partial charge in [0, 0.05) is 6.42 Å². The summed E-state index contributed by atoms with van der Waals surface area (Å²) >= 11 is 0. The van der Waals surface area contributed by atoms with Gasteiger partial charge in [-0.3, -0.25) is 0 Å². The molecule has 0 saturated carbocycles. The van der Waals surface area contributed by atoms with E-state index in [1.54, 1.807) is 0 Å². The fourth-order valence-electron chi connectivity index (χ4n) is 4.19. The molecule has 1 unspecified atom stereocenters. The summed E-state index contributed by atoms with van der Waals surface area (Å²) in [7, 11) is 0. The molecule has 1 aliphatic rings. The summed E-state index contributed by atoms with van der Waals surface area (Å²) in [6, 6.07) is 0. The van der Waals surface area contributed by atoms with Gasteiger partial charge in [-0.1, -0.05) is 135 Å². The predicted molar refractivity (Wildman–Crippen MR) is 118 cm³/mol. The van der Waals surface area contributed by atoms with E-state index < -0.39 is 0 Å². The fourth-order valence-corrected chi connectivity index (χ4v) is 4.19. The van der Waals surface area contributed by atoms with E-state index in [1.807, 2.05) is 0 Å². The molecule has 0 aromatic rings. The zero-order valence-corrected chi connectivity index (χ0v) is 18.7. The summed E-state index contributed by atoms with van der Waals surface area (Å²) in [6.07, 6.45) is 31.6. The monoisotopic (exact) mass is 382 g/mol. The van der Waals surface area contributed by atoms with E-state index in [0.717, 1.165) is 13.0 Å². The molecule has 1 rings (SSSR count). The Morgan fingerprint density at radius 2 is 0.889 bits per heavy atom. The van der Waals surface area contributed by atoms with E-state index in [4.69, 9.17) is 9.78 Å². The Morgan fingerprint density at radius 3 is 1.22 bits per heavy atom. The lowest BCUT2D eigenvalue weighted by Gasteiger charge is -2.06. The molecule has 1 atom stereocenters. The minimum atomic E-state index is 0.389. The van der Waals surface area contributed by atoms with E-state index in [2.05, 4.69) is 6.92 Å². The average Bonchev–Trinajstić information content (AvgIpc) is 3.20. The summed E-state index contributed by atoms with van der Waals surface area (Å²) in [5, 5.41) is 0. The van der Waals surface area contributed by atoms with Gasteiger partial charge in [-0.2, -0.15) is 0 Å². The summed E-state index contributed by atoms with van der Waals surface area (Å²) in [5.41, 5.74) is 0. The zero-order chi connectivity index (χ0) is 19.3. The number of hydrogen-bond acceptors (Lipinski definition) is 2. The molecule has 0 radical (unpaired) electrons. The van der Waals surface area contributed by atoms with E-state index in [1.165, 1.54) is 135 Å². The minimum absolute atomic E-state index is 0.389. The largest absolute Gasteiger partial charge is 0.236 e. The highest BCUT2D eigenvalue weighted by Gasteiger charge is 2.15. The maximum absolute atomic E-state index is 5.19. The van der Waals surface area contributed by atoms with Gasteiger partial charge in [-0.05, 0) is 6.42 Å². The molecule has 1 saturated heterocycles. The van der Waals surface area contributed by atoms with Gasteiger partial charge in [-0.25, -0.2) is 9.78 Å². The van der Waals surface area contributed by atoms with E-state index in [0.29, 0.717) is 6.10 Å². The molecule has 0 aliphatic carbocycles. The van der Waals surface area contributed by atoms with Gasteiger partial charge in [0.25, 0.3) is 0 Å². The molecule has 162 valence electrons. The van der Waals surface area contributed by atoms with Crippen LogP contribution in [0, 0.1) is 0 Å². The fraction of sp³-hybridized carbons (Fsp3) is 1.00. The molecular weight excluding hydrogens is 332 g/mol. The third-order valence-electron chi connectivity index (χ3n) is 6.11. The van der Waals surface area contributed by atoms with Crippen molar-refractivity contribution in [1.82, 2.24) is 0 Å². The minimum Gasteiger partial charge on any atom is -0.236 e. The van der Waals surface area contributed by atoms with Crippen molar-refractivity contribution < 1.29 is 9.78 Å². The molecule has 2 nitrogen and oxygen atoms in total.